The molecule has 0 aliphatic heterocycles. The minimum atomic E-state index is -0.114. The third-order valence-electron chi connectivity index (χ3n) is 2.61. The number of amides is 1. The molecule has 0 saturated heterocycles. The van der Waals surface area contributed by atoms with E-state index in [-0.39, 0.29) is 11.9 Å². The van der Waals surface area contributed by atoms with Crippen LogP contribution in [-0.2, 0) is 11.2 Å². The van der Waals surface area contributed by atoms with Crippen molar-refractivity contribution in [1.82, 2.24) is 10.6 Å². The summed E-state index contributed by atoms with van der Waals surface area (Å²) in [5, 5.41) is 5.81. The van der Waals surface area contributed by atoms with E-state index in [4.69, 9.17) is 0 Å². The lowest BCUT2D eigenvalue weighted by atomic mass is 10.1. The predicted octanol–water partition coefficient (Wildman–Crippen LogP) is 1.34. The van der Waals surface area contributed by atoms with Gasteiger partial charge in [0.2, 0.25) is 5.91 Å². The summed E-state index contributed by atoms with van der Waals surface area (Å²) < 4.78 is 0. The topological polar surface area (TPSA) is 41.1 Å². The number of rotatable bonds is 6. The molecule has 3 nitrogen and oxygen atoms in total. The van der Waals surface area contributed by atoms with Gasteiger partial charge in [-0.2, -0.15) is 0 Å². The van der Waals surface area contributed by atoms with Gasteiger partial charge < -0.3 is 10.6 Å². The maximum Gasteiger partial charge on any atom is 0.236 e. The lowest BCUT2D eigenvalue weighted by Gasteiger charge is -2.10. The van der Waals surface area contributed by atoms with Gasteiger partial charge in [0.15, 0.2) is 0 Å². The largest absolute Gasteiger partial charge is 0.355 e. The van der Waals surface area contributed by atoms with Crippen LogP contribution in [-0.4, -0.2) is 25.5 Å². The van der Waals surface area contributed by atoms with Gasteiger partial charge in [-0.25, -0.2) is 0 Å². The first-order chi connectivity index (χ1) is 7.74. The lowest BCUT2D eigenvalue weighted by molar-refractivity contribution is -0.122. The highest BCUT2D eigenvalue weighted by Gasteiger charge is 2.07. The fourth-order valence-corrected chi connectivity index (χ4v) is 1.43. The average Bonchev–Trinajstić information content (AvgIpc) is 2.34. The summed E-state index contributed by atoms with van der Waals surface area (Å²) in [4.78, 5) is 11.4. The minimum Gasteiger partial charge on any atom is -0.355 e. The molecule has 0 aromatic heterocycles. The summed E-state index contributed by atoms with van der Waals surface area (Å²) in [5.41, 5.74) is 1.32. The third-order valence-corrected chi connectivity index (χ3v) is 2.61. The SMILES string of the molecule is CNC(C)C(=O)NCCCc1ccccc1. The molecule has 0 bridgehead atoms. The second-order valence-electron chi connectivity index (χ2n) is 3.89. The summed E-state index contributed by atoms with van der Waals surface area (Å²) in [6.45, 7) is 2.59. The summed E-state index contributed by atoms with van der Waals surface area (Å²) >= 11 is 0. The van der Waals surface area contributed by atoms with Crippen molar-refractivity contribution in [3.63, 3.8) is 0 Å². The van der Waals surface area contributed by atoms with Crippen LogP contribution in [0.5, 0.6) is 0 Å². The molecule has 0 spiro atoms. The van der Waals surface area contributed by atoms with E-state index < -0.39 is 0 Å². The van der Waals surface area contributed by atoms with Gasteiger partial charge in [0, 0.05) is 6.54 Å². The number of hydrogen-bond donors (Lipinski definition) is 2. The van der Waals surface area contributed by atoms with E-state index in [1.807, 2.05) is 25.1 Å². The maximum absolute atomic E-state index is 11.4. The molecule has 0 aliphatic rings. The number of benzene rings is 1. The van der Waals surface area contributed by atoms with E-state index >= 15 is 0 Å². The van der Waals surface area contributed by atoms with Gasteiger partial charge in [0.1, 0.15) is 0 Å². The van der Waals surface area contributed by atoms with Crippen molar-refractivity contribution in [2.75, 3.05) is 13.6 Å². The first kappa shape index (κ1) is 12.7. The van der Waals surface area contributed by atoms with E-state index in [0.29, 0.717) is 0 Å². The van der Waals surface area contributed by atoms with Crippen LogP contribution in [0.1, 0.15) is 18.9 Å². The number of aryl methyl sites for hydroxylation is 1. The Morgan fingerprint density at radius 3 is 2.62 bits per heavy atom. The Labute approximate surface area is 97.2 Å². The predicted molar refractivity (Wildman–Crippen MR) is 66.3 cm³/mol. The molecule has 1 rings (SSSR count). The van der Waals surface area contributed by atoms with Crippen molar-refractivity contribution in [1.29, 1.82) is 0 Å². The third kappa shape index (κ3) is 4.45. The van der Waals surface area contributed by atoms with Gasteiger partial charge in [-0.15, -0.1) is 0 Å². The van der Waals surface area contributed by atoms with Gasteiger partial charge in [0.25, 0.3) is 0 Å². The Kier molecular flexibility index (Phi) is 5.57. The Hall–Kier alpha value is -1.35. The van der Waals surface area contributed by atoms with E-state index in [9.17, 15) is 4.79 Å². The molecule has 1 aromatic carbocycles. The van der Waals surface area contributed by atoms with Crippen LogP contribution < -0.4 is 10.6 Å². The van der Waals surface area contributed by atoms with Crippen molar-refractivity contribution in [3.8, 4) is 0 Å². The Morgan fingerprint density at radius 1 is 1.31 bits per heavy atom. The molecule has 3 heteroatoms. The Bertz CT molecular complexity index is 311. The monoisotopic (exact) mass is 220 g/mol. The van der Waals surface area contributed by atoms with Gasteiger partial charge in [-0.3, -0.25) is 4.79 Å². The highest BCUT2D eigenvalue weighted by Crippen LogP contribution is 2.01. The van der Waals surface area contributed by atoms with Gasteiger partial charge in [0.05, 0.1) is 6.04 Å². The molecule has 1 aromatic rings. The van der Waals surface area contributed by atoms with E-state index in [2.05, 4.69) is 22.8 Å². The second kappa shape index (κ2) is 7.01. The molecular formula is C13H20N2O. The summed E-state index contributed by atoms with van der Waals surface area (Å²) in [7, 11) is 1.79. The van der Waals surface area contributed by atoms with Crippen molar-refractivity contribution in [2.24, 2.45) is 0 Å². The van der Waals surface area contributed by atoms with Crippen LogP contribution in [0, 0.1) is 0 Å². The number of carbonyl (C=O) groups is 1. The highest BCUT2D eigenvalue weighted by molar-refractivity contribution is 5.81. The number of hydrogen-bond acceptors (Lipinski definition) is 2. The van der Waals surface area contributed by atoms with E-state index in [0.717, 1.165) is 19.4 Å². The van der Waals surface area contributed by atoms with Crippen LogP contribution in [0.3, 0.4) is 0 Å². The number of carbonyl (C=O) groups excluding carboxylic acids is 1. The van der Waals surface area contributed by atoms with E-state index in [1.54, 1.807) is 7.05 Å². The molecule has 1 unspecified atom stereocenters. The number of nitrogens with one attached hydrogen (secondary N) is 2. The van der Waals surface area contributed by atoms with Crippen molar-refractivity contribution >= 4 is 5.91 Å². The zero-order chi connectivity index (χ0) is 11.8. The standard InChI is InChI=1S/C13H20N2O/c1-11(14-2)13(16)15-10-6-9-12-7-4-3-5-8-12/h3-5,7-8,11,14H,6,9-10H2,1-2H3,(H,15,16). The van der Waals surface area contributed by atoms with Crippen LogP contribution in [0.25, 0.3) is 0 Å². The summed E-state index contributed by atoms with van der Waals surface area (Å²) in [6, 6.07) is 10.2. The molecule has 0 aliphatic carbocycles. The van der Waals surface area contributed by atoms with Crippen molar-refractivity contribution < 1.29 is 4.79 Å². The van der Waals surface area contributed by atoms with Crippen molar-refractivity contribution in [2.45, 2.75) is 25.8 Å². The van der Waals surface area contributed by atoms with Crippen LogP contribution in [0.4, 0.5) is 0 Å². The van der Waals surface area contributed by atoms with Crippen LogP contribution in [0.15, 0.2) is 30.3 Å². The summed E-state index contributed by atoms with van der Waals surface area (Å²) in [6.07, 6.45) is 1.99. The molecule has 1 atom stereocenters. The second-order valence-corrected chi connectivity index (χ2v) is 3.89. The molecule has 88 valence electrons. The molecular weight excluding hydrogens is 200 g/mol. The molecule has 0 heterocycles. The minimum absolute atomic E-state index is 0.0653. The zero-order valence-electron chi connectivity index (χ0n) is 9.99. The van der Waals surface area contributed by atoms with Gasteiger partial charge in [-0.05, 0) is 32.4 Å². The fourth-order valence-electron chi connectivity index (χ4n) is 1.43. The smallest absolute Gasteiger partial charge is 0.236 e. The summed E-state index contributed by atoms with van der Waals surface area (Å²) in [5.74, 6) is 0.0653. The molecule has 2 N–H and O–H groups in total. The molecule has 0 radical (unpaired) electrons. The van der Waals surface area contributed by atoms with Crippen molar-refractivity contribution in [3.05, 3.63) is 35.9 Å². The van der Waals surface area contributed by atoms with Crippen LogP contribution >= 0.6 is 0 Å². The fraction of sp³-hybridized carbons (Fsp3) is 0.462. The Balaban J connectivity index is 2.15. The molecule has 16 heavy (non-hydrogen) atoms. The zero-order valence-corrected chi connectivity index (χ0v) is 9.99. The first-order valence-corrected chi connectivity index (χ1v) is 5.73. The quantitative estimate of drug-likeness (QED) is 0.710. The van der Waals surface area contributed by atoms with Crippen LogP contribution in [0.2, 0.25) is 0 Å². The maximum atomic E-state index is 11.4. The molecule has 0 saturated carbocycles. The Morgan fingerprint density at radius 2 is 2.00 bits per heavy atom. The normalized spacial score (nSPS) is 12.1. The van der Waals surface area contributed by atoms with Gasteiger partial charge >= 0.3 is 0 Å². The number of likely N-dealkylation sites (N-methyl/N-ethyl adjacent to an activating group) is 1. The van der Waals surface area contributed by atoms with Gasteiger partial charge in [-0.1, -0.05) is 30.3 Å². The molecule has 0 fully saturated rings. The first-order valence-electron chi connectivity index (χ1n) is 5.73. The van der Waals surface area contributed by atoms with E-state index in [1.165, 1.54) is 5.56 Å². The molecule has 1 amide bonds. The lowest BCUT2D eigenvalue weighted by Crippen LogP contribution is -2.40. The average molecular weight is 220 g/mol. The highest BCUT2D eigenvalue weighted by atomic mass is 16.2.